The number of nitrogens with zero attached hydrogens (tertiary/aromatic N) is 2. The number of carbonyl (C=O) groups is 1. The topological polar surface area (TPSA) is 70.1 Å². The molecule has 1 aliphatic heterocycles. The maximum absolute atomic E-state index is 11.2. The number of imidazole rings is 1. The molecule has 0 spiro atoms. The van der Waals surface area contributed by atoms with E-state index in [1.807, 2.05) is 12.1 Å². The van der Waals surface area contributed by atoms with E-state index in [-0.39, 0.29) is 17.7 Å². The van der Waals surface area contributed by atoms with Crippen molar-refractivity contribution >= 4 is 16.9 Å². The molecule has 0 aliphatic carbocycles. The lowest BCUT2D eigenvalue weighted by Gasteiger charge is -2.28. The first-order chi connectivity index (χ1) is 11.9. The summed E-state index contributed by atoms with van der Waals surface area (Å²) in [5, 5.41) is 0. The summed E-state index contributed by atoms with van der Waals surface area (Å²) in [5.74, 6) is 1.45. The average Bonchev–Trinajstić information content (AvgIpc) is 2.94. The standard InChI is InChI=1S/C20H29N3O2/c1-4-20(2,3)19-22-16-11-15(12-18(21)24)5-6-17(16)23(19)13-14-7-9-25-10-8-14/h5-6,11,14H,4,7-10,12-13H2,1-3H3,(H2,21,24). The van der Waals surface area contributed by atoms with Crippen molar-refractivity contribution in [3.8, 4) is 0 Å². The second-order valence-electron chi connectivity index (χ2n) is 7.81. The van der Waals surface area contributed by atoms with Gasteiger partial charge < -0.3 is 15.0 Å². The molecule has 2 heterocycles. The van der Waals surface area contributed by atoms with E-state index < -0.39 is 0 Å². The molecule has 0 radical (unpaired) electrons. The lowest BCUT2D eigenvalue weighted by atomic mass is 9.89. The Morgan fingerprint density at radius 3 is 2.72 bits per heavy atom. The smallest absolute Gasteiger partial charge is 0.221 e. The molecule has 25 heavy (non-hydrogen) atoms. The van der Waals surface area contributed by atoms with Crippen LogP contribution >= 0.6 is 0 Å². The molecule has 1 fully saturated rings. The van der Waals surface area contributed by atoms with E-state index in [0.29, 0.717) is 5.92 Å². The van der Waals surface area contributed by atoms with E-state index in [2.05, 4.69) is 31.4 Å². The summed E-state index contributed by atoms with van der Waals surface area (Å²) in [6, 6.07) is 6.10. The zero-order chi connectivity index (χ0) is 18.0. The lowest BCUT2D eigenvalue weighted by molar-refractivity contribution is -0.117. The van der Waals surface area contributed by atoms with Crippen LogP contribution in [-0.2, 0) is 27.9 Å². The molecule has 1 aromatic carbocycles. The van der Waals surface area contributed by atoms with Crippen LogP contribution in [0.2, 0.25) is 0 Å². The minimum atomic E-state index is -0.310. The summed E-state index contributed by atoms with van der Waals surface area (Å²) in [4.78, 5) is 16.2. The molecule has 136 valence electrons. The van der Waals surface area contributed by atoms with Crippen molar-refractivity contribution in [3.05, 3.63) is 29.6 Å². The number of aromatic nitrogens is 2. The van der Waals surface area contributed by atoms with Crippen molar-refractivity contribution in [1.82, 2.24) is 9.55 Å². The molecule has 1 aromatic heterocycles. The second kappa shape index (κ2) is 7.16. The fourth-order valence-electron chi connectivity index (χ4n) is 3.53. The van der Waals surface area contributed by atoms with Crippen molar-refractivity contribution in [2.45, 2.75) is 58.4 Å². The fraction of sp³-hybridized carbons (Fsp3) is 0.600. The maximum atomic E-state index is 11.2. The molecule has 1 aliphatic rings. The first-order valence-electron chi connectivity index (χ1n) is 9.26. The first kappa shape index (κ1) is 17.9. The Morgan fingerprint density at radius 1 is 1.36 bits per heavy atom. The molecular weight excluding hydrogens is 314 g/mol. The number of fused-ring (bicyclic) bond motifs is 1. The Balaban J connectivity index is 2.03. The van der Waals surface area contributed by atoms with Gasteiger partial charge >= 0.3 is 0 Å². The Labute approximate surface area is 149 Å². The number of ether oxygens (including phenoxy) is 1. The van der Waals surface area contributed by atoms with E-state index in [9.17, 15) is 4.79 Å². The van der Waals surface area contributed by atoms with E-state index in [1.165, 1.54) is 0 Å². The molecule has 0 atom stereocenters. The van der Waals surface area contributed by atoms with Gasteiger partial charge in [0.2, 0.25) is 5.91 Å². The van der Waals surface area contributed by atoms with E-state index >= 15 is 0 Å². The normalized spacial score (nSPS) is 16.4. The highest BCUT2D eigenvalue weighted by Gasteiger charge is 2.27. The third kappa shape index (κ3) is 3.87. The molecule has 2 aromatic rings. The Bertz CT molecular complexity index is 758. The number of amides is 1. The van der Waals surface area contributed by atoms with Crippen LogP contribution in [0.25, 0.3) is 11.0 Å². The van der Waals surface area contributed by atoms with Gasteiger partial charge in [0.1, 0.15) is 5.82 Å². The molecule has 0 saturated carbocycles. The zero-order valence-electron chi connectivity index (χ0n) is 15.5. The first-order valence-corrected chi connectivity index (χ1v) is 9.26. The molecule has 2 N–H and O–H groups in total. The lowest BCUT2D eigenvalue weighted by Crippen LogP contribution is -2.26. The van der Waals surface area contributed by atoms with E-state index in [1.54, 1.807) is 0 Å². The minimum absolute atomic E-state index is 0.00797. The summed E-state index contributed by atoms with van der Waals surface area (Å²) in [5.41, 5.74) is 8.39. The number of hydrogen-bond donors (Lipinski definition) is 1. The van der Waals surface area contributed by atoms with Gasteiger partial charge in [-0.05, 0) is 42.9 Å². The van der Waals surface area contributed by atoms with Crippen LogP contribution in [-0.4, -0.2) is 28.7 Å². The van der Waals surface area contributed by atoms with Gasteiger partial charge in [-0.25, -0.2) is 4.98 Å². The van der Waals surface area contributed by atoms with Crippen LogP contribution in [0.5, 0.6) is 0 Å². The monoisotopic (exact) mass is 343 g/mol. The van der Waals surface area contributed by atoms with E-state index in [4.69, 9.17) is 15.5 Å². The summed E-state index contributed by atoms with van der Waals surface area (Å²) in [6.07, 6.45) is 3.49. The number of nitrogens with two attached hydrogens (primary N) is 1. The summed E-state index contributed by atoms with van der Waals surface area (Å²) in [6.45, 7) is 9.39. The van der Waals surface area contributed by atoms with Gasteiger partial charge in [0.05, 0.1) is 17.5 Å². The second-order valence-corrected chi connectivity index (χ2v) is 7.81. The highest BCUT2D eigenvalue weighted by molar-refractivity contribution is 5.81. The molecule has 0 bridgehead atoms. The number of rotatable bonds is 6. The number of hydrogen-bond acceptors (Lipinski definition) is 3. The van der Waals surface area contributed by atoms with E-state index in [0.717, 1.165) is 61.4 Å². The highest BCUT2D eigenvalue weighted by Crippen LogP contribution is 2.32. The molecular formula is C20H29N3O2. The van der Waals surface area contributed by atoms with Crippen LogP contribution in [0.1, 0.15) is 51.4 Å². The Morgan fingerprint density at radius 2 is 2.08 bits per heavy atom. The van der Waals surface area contributed by atoms with Crippen LogP contribution in [0.15, 0.2) is 18.2 Å². The van der Waals surface area contributed by atoms with Crippen molar-refractivity contribution in [3.63, 3.8) is 0 Å². The van der Waals surface area contributed by atoms with Crippen LogP contribution < -0.4 is 5.73 Å². The Hall–Kier alpha value is -1.88. The number of carbonyl (C=O) groups excluding carboxylic acids is 1. The van der Waals surface area contributed by atoms with Gasteiger partial charge in [0.15, 0.2) is 0 Å². The third-order valence-corrected chi connectivity index (χ3v) is 5.46. The predicted molar refractivity (Wildman–Crippen MR) is 99.5 cm³/mol. The molecule has 0 unspecified atom stereocenters. The van der Waals surface area contributed by atoms with Gasteiger partial charge in [-0.3, -0.25) is 4.79 Å². The molecule has 3 rings (SSSR count). The Kier molecular flexibility index (Phi) is 5.13. The van der Waals surface area contributed by atoms with Crippen LogP contribution in [0.3, 0.4) is 0 Å². The summed E-state index contributed by atoms with van der Waals surface area (Å²) in [7, 11) is 0. The molecule has 1 saturated heterocycles. The third-order valence-electron chi connectivity index (χ3n) is 5.46. The molecule has 1 amide bonds. The maximum Gasteiger partial charge on any atom is 0.221 e. The van der Waals surface area contributed by atoms with Crippen molar-refractivity contribution in [2.24, 2.45) is 11.7 Å². The van der Waals surface area contributed by atoms with Crippen LogP contribution in [0, 0.1) is 5.92 Å². The van der Waals surface area contributed by atoms with Gasteiger partial charge in [-0.1, -0.05) is 26.8 Å². The van der Waals surface area contributed by atoms with Gasteiger partial charge in [0, 0.05) is 25.2 Å². The quantitative estimate of drug-likeness (QED) is 0.876. The van der Waals surface area contributed by atoms with Gasteiger partial charge in [-0.15, -0.1) is 0 Å². The molecule has 5 nitrogen and oxygen atoms in total. The number of primary amides is 1. The van der Waals surface area contributed by atoms with Crippen molar-refractivity contribution in [1.29, 1.82) is 0 Å². The largest absolute Gasteiger partial charge is 0.381 e. The van der Waals surface area contributed by atoms with Gasteiger partial charge in [-0.2, -0.15) is 0 Å². The van der Waals surface area contributed by atoms with Gasteiger partial charge in [0.25, 0.3) is 0 Å². The minimum Gasteiger partial charge on any atom is -0.381 e. The number of benzene rings is 1. The summed E-state index contributed by atoms with van der Waals surface area (Å²) < 4.78 is 7.90. The fourth-order valence-corrected chi connectivity index (χ4v) is 3.53. The average molecular weight is 343 g/mol. The predicted octanol–water partition coefficient (Wildman–Crippen LogP) is 3.18. The van der Waals surface area contributed by atoms with Crippen molar-refractivity contribution < 1.29 is 9.53 Å². The SMILES string of the molecule is CCC(C)(C)c1nc2cc(CC(N)=O)ccc2n1CC1CCOCC1. The zero-order valence-corrected chi connectivity index (χ0v) is 15.5. The molecule has 5 heteroatoms. The highest BCUT2D eigenvalue weighted by atomic mass is 16.5. The summed E-state index contributed by atoms with van der Waals surface area (Å²) >= 11 is 0. The van der Waals surface area contributed by atoms with Crippen LogP contribution in [0.4, 0.5) is 0 Å². The van der Waals surface area contributed by atoms with Crippen molar-refractivity contribution in [2.75, 3.05) is 13.2 Å².